The van der Waals surface area contributed by atoms with Crippen LogP contribution in [0.15, 0.2) is 36.5 Å². The number of thiazole rings is 1. The lowest BCUT2D eigenvalue weighted by molar-refractivity contribution is 0.173. The second kappa shape index (κ2) is 8.42. The predicted octanol–water partition coefficient (Wildman–Crippen LogP) is 3.91. The van der Waals surface area contributed by atoms with E-state index in [1.165, 1.54) is 15.4 Å². The molecular formula is C18H26N2OS. The van der Waals surface area contributed by atoms with Crippen LogP contribution in [-0.2, 0) is 6.54 Å². The summed E-state index contributed by atoms with van der Waals surface area (Å²) in [5.74, 6) is 0.824. The van der Waals surface area contributed by atoms with E-state index in [9.17, 15) is 5.11 Å². The van der Waals surface area contributed by atoms with Gasteiger partial charge >= 0.3 is 0 Å². The van der Waals surface area contributed by atoms with Crippen molar-refractivity contribution in [2.24, 2.45) is 0 Å². The van der Waals surface area contributed by atoms with E-state index in [-0.39, 0.29) is 6.10 Å². The van der Waals surface area contributed by atoms with Crippen LogP contribution in [0.1, 0.15) is 54.5 Å². The largest absolute Gasteiger partial charge is 0.393 e. The number of nitrogens with one attached hydrogen (secondary N) is 1. The summed E-state index contributed by atoms with van der Waals surface area (Å²) in [6, 6.07) is 10.4. The highest BCUT2D eigenvalue weighted by Gasteiger charge is 2.14. The van der Waals surface area contributed by atoms with E-state index in [0.29, 0.717) is 11.8 Å². The first-order chi connectivity index (χ1) is 10.6. The van der Waals surface area contributed by atoms with Crippen molar-refractivity contribution < 1.29 is 5.11 Å². The Morgan fingerprint density at radius 3 is 2.50 bits per heavy atom. The average Bonchev–Trinajstić information content (AvgIpc) is 2.96. The Kier molecular flexibility index (Phi) is 6.55. The molecule has 0 aliphatic heterocycles. The molecule has 1 aromatic carbocycles. The number of aliphatic hydroxyl groups excluding tert-OH is 1. The van der Waals surface area contributed by atoms with E-state index in [1.807, 2.05) is 19.2 Å². The molecule has 0 saturated heterocycles. The van der Waals surface area contributed by atoms with Crippen LogP contribution in [-0.4, -0.2) is 22.7 Å². The zero-order chi connectivity index (χ0) is 15.9. The summed E-state index contributed by atoms with van der Waals surface area (Å²) < 4.78 is 0. The Bertz CT molecular complexity index is 551. The van der Waals surface area contributed by atoms with Crippen molar-refractivity contribution in [3.63, 3.8) is 0 Å². The predicted molar refractivity (Wildman–Crippen MR) is 93.4 cm³/mol. The molecule has 22 heavy (non-hydrogen) atoms. The normalized spacial score (nSPS) is 14.2. The van der Waals surface area contributed by atoms with E-state index < -0.39 is 0 Å². The number of benzene rings is 1. The highest BCUT2D eigenvalue weighted by Crippen LogP contribution is 2.22. The van der Waals surface area contributed by atoms with Gasteiger partial charge in [0.1, 0.15) is 0 Å². The minimum atomic E-state index is -0.289. The van der Waals surface area contributed by atoms with Crippen LogP contribution in [0.4, 0.5) is 0 Å². The van der Waals surface area contributed by atoms with Crippen molar-refractivity contribution in [1.29, 1.82) is 0 Å². The van der Waals surface area contributed by atoms with Gasteiger partial charge in [-0.15, -0.1) is 11.3 Å². The maximum absolute atomic E-state index is 9.73. The van der Waals surface area contributed by atoms with Crippen molar-refractivity contribution in [1.82, 2.24) is 10.3 Å². The molecule has 0 fully saturated rings. The molecule has 0 bridgehead atoms. The van der Waals surface area contributed by atoms with Gasteiger partial charge in [-0.25, -0.2) is 4.98 Å². The molecule has 0 amide bonds. The Hall–Kier alpha value is -1.23. The van der Waals surface area contributed by atoms with Gasteiger partial charge in [-0.05, 0) is 24.8 Å². The molecule has 0 spiro atoms. The van der Waals surface area contributed by atoms with Gasteiger partial charge in [-0.1, -0.05) is 44.2 Å². The number of hydrogen-bond donors (Lipinski definition) is 2. The van der Waals surface area contributed by atoms with E-state index in [4.69, 9.17) is 0 Å². The van der Waals surface area contributed by atoms with Crippen LogP contribution in [0, 0.1) is 0 Å². The molecule has 120 valence electrons. The van der Waals surface area contributed by atoms with Crippen LogP contribution in [0.5, 0.6) is 0 Å². The fourth-order valence-corrected chi connectivity index (χ4v) is 3.40. The smallest absolute Gasteiger partial charge is 0.0953 e. The lowest BCUT2D eigenvalue weighted by atomic mass is 9.93. The van der Waals surface area contributed by atoms with Gasteiger partial charge in [0.05, 0.1) is 11.1 Å². The van der Waals surface area contributed by atoms with E-state index in [2.05, 4.69) is 48.4 Å². The average molecular weight is 318 g/mol. The summed E-state index contributed by atoms with van der Waals surface area (Å²) in [7, 11) is 0. The van der Waals surface area contributed by atoms with Crippen LogP contribution in [0.25, 0.3) is 0 Å². The quantitative estimate of drug-likeness (QED) is 0.775. The SMILES string of the molecule is CC(O)CC(CNCc1cnc(C(C)C)s1)c1ccccc1. The fraction of sp³-hybridized carbons (Fsp3) is 0.500. The first-order valence-electron chi connectivity index (χ1n) is 7.94. The highest BCUT2D eigenvalue weighted by molar-refractivity contribution is 7.11. The third-order valence-electron chi connectivity index (χ3n) is 3.65. The minimum absolute atomic E-state index is 0.289. The van der Waals surface area contributed by atoms with E-state index in [1.54, 1.807) is 11.3 Å². The van der Waals surface area contributed by atoms with Crippen LogP contribution >= 0.6 is 11.3 Å². The number of hydrogen-bond acceptors (Lipinski definition) is 4. The van der Waals surface area contributed by atoms with Crippen molar-refractivity contribution in [2.75, 3.05) is 6.54 Å². The second-order valence-corrected chi connectivity index (χ2v) is 7.29. The fourth-order valence-electron chi connectivity index (χ4n) is 2.52. The molecule has 4 heteroatoms. The van der Waals surface area contributed by atoms with Crippen molar-refractivity contribution in [2.45, 2.75) is 51.7 Å². The minimum Gasteiger partial charge on any atom is -0.393 e. The lowest BCUT2D eigenvalue weighted by Gasteiger charge is -2.19. The standard InChI is InChI=1S/C18H26N2OS/c1-13(2)18-20-12-17(22-18)11-19-10-16(9-14(3)21)15-7-5-4-6-8-15/h4-8,12-14,16,19,21H,9-11H2,1-3H3. The van der Waals surface area contributed by atoms with Gasteiger partial charge in [0.25, 0.3) is 0 Å². The number of aromatic nitrogens is 1. The highest BCUT2D eigenvalue weighted by atomic mass is 32.1. The van der Waals surface area contributed by atoms with Crippen molar-refractivity contribution in [3.05, 3.63) is 52.0 Å². The van der Waals surface area contributed by atoms with Gasteiger partial charge in [-0.2, -0.15) is 0 Å². The van der Waals surface area contributed by atoms with Crippen molar-refractivity contribution in [3.8, 4) is 0 Å². The summed E-state index contributed by atoms with van der Waals surface area (Å²) >= 11 is 1.78. The van der Waals surface area contributed by atoms with E-state index >= 15 is 0 Å². The molecule has 3 nitrogen and oxygen atoms in total. The lowest BCUT2D eigenvalue weighted by Crippen LogP contribution is -2.23. The zero-order valence-corrected chi connectivity index (χ0v) is 14.4. The topological polar surface area (TPSA) is 45.1 Å². The molecule has 0 saturated carbocycles. The molecule has 1 heterocycles. The summed E-state index contributed by atoms with van der Waals surface area (Å²) in [4.78, 5) is 5.73. The molecule has 2 unspecified atom stereocenters. The molecule has 2 N–H and O–H groups in total. The van der Waals surface area contributed by atoms with Gasteiger partial charge in [0.15, 0.2) is 0 Å². The Balaban J connectivity index is 1.90. The third kappa shape index (κ3) is 5.20. The second-order valence-electron chi connectivity index (χ2n) is 6.14. The van der Waals surface area contributed by atoms with E-state index in [0.717, 1.165) is 19.5 Å². The summed E-state index contributed by atoms with van der Waals surface area (Å²) in [6.45, 7) is 7.90. The summed E-state index contributed by atoms with van der Waals surface area (Å²) in [6.07, 6.45) is 2.46. The first kappa shape index (κ1) is 17.1. The first-order valence-corrected chi connectivity index (χ1v) is 8.76. The Morgan fingerprint density at radius 1 is 1.18 bits per heavy atom. The Labute approximate surface area is 137 Å². The molecule has 1 aromatic heterocycles. The summed E-state index contributed by atoms with van der Waals surface area (Å²) in [5.41, 5.74) is 1.28. The molecular weight excluding hydrogens is 292 g/mol. The van der Waals surface area contributed by atoms with Crippen LogP contribution in [0.3, 0.4) is 0 Å². The van der Waals surface area contributed by atoms with Crippen molar-refractivity contribution >= 4 is 11.3 Å². The maximum atomic E-state index is 9.73. The number of nitrogens with zero attached hydrogens (tertiary/aromatic N) is 1. The van der Waals surface area contributed by atoms with Gasteiger partial charge in [-0.3, -0.25) is 0 Å². The molecule has 0 radical (unpaired) electrons. The Morgan fingerprint density at radius 2 is 1.91 bits per heavy atom. The number of rotatable bonds is 8. The zero-order valence-electron chi connectivity index (χ0n) is 13.6. The molecule has 0 aliphatic carbocycles. The molecule has 2 atom stereocenters. The number of aliphatic hydroxyl groups is 1. The molecule has 2 aromatic rings. The monoisotopic (exact) mass is 318 g/mol. The molecule has 2 rings (SSSR count). The van der Waals surface area contributed by atoms with Crippen LogP contribution in [0.2, 0.25) is 0 Å². The molecule has 0 aliphatic rings. The summed E-state index contributed by atoms with van der Waals surface area (Å²) in [5, 5.41) is 14.4. The van der Waals surface area contributed by atoms with Crippen LogP contribution < -0.4 is 5.32 Å². The van der Waals surface area contributed by atoms with Gasteiger partial charge in [0.2, 0.25) is 0 Å². The maximum Gasteiger partial charge on any atom is 0.0953 e. The third-order valence-corrected chi connectivity index (χ3v) is 4.95. The van der Waals surface area contributed by atoms with Gasteiger partial charge in [0, 0.05) is 30.1 Å². The van der Waals surface area contributed by atoms with Gasteiger partial charge < -0.3 is 10.4 Å².